The van der Waals surface area contributed by atoms with Crippen LogP contribution in [0, 0.1) is 28.6 Å². The number of alkyl halides is 1. The number of ketones is 2. The van der Waals surface area contributed by atoms with E-state index in [1.165, 1.54) is 0 Å². The summed E-state index contributed by atoms with van der Waals surface area (Å²) in [5, 5.41) is 22.9. The molecule has 154 valence electrons. The molecule has 28 heavy (non-hydrogen) atoms. The van der Waals surface area contributed by atoms with Gasteiger partial charge in [-0.2, -0.15) is 0 Å². The topological polar surface area (TPSA) is 101 Å². The van der Waals surface area contributed by atoms with Crippen LogP contribution in [-0.4, -0.2) is 44.9 Å². The summed E-state index contributed by atoms with van der Waals surface area (Å²) in [4.78, 5) is 23.7. The maximum Gasteiger partial charge on any atom is 0.178 e. The Kier molecular flexibility index (Phi) is 4.35. The third kappa shape index (κ3) is 2.09. The van der Waals surface area contributed by atoms with Gasteiger partial charge in [-0.1, -0.05) is 32.4 Å². The van der Waals surface area contributed by atoms with Crippen molar-refractivity contribution in [2.45, 2.75) is 63.0 Å². The van der Waals surface area contributed by atoms with E-state index in [2.05, 4.69) is 0 Å². The number of fused-ring (bicyclic) bond motifs is 5. The Bertz CT molecular complexity index is 808. The van der Waals surface area contributed by atoms with Gasteiger partial charge in [0.15, 0.2) is 11.6 Å². The van der Waals surface area contributed by atoms with Gasteiger partial charge in [-0.25, -0.2) is 0 Å². The second kappa shape index (κ2) is 6.00. The zero-order chi connectivity index (χ0) is 20.7. The molecule has 4 rings (SSSR count). The second-order valence-corrected chi connectivity index (χ2v) is 10.4. The van der Waals surface area contributed by atoms with Gasteiger partial charge in [0, 0.05) is 10.8 Å². The predicted molar refractivity (Wildman–Crippen MR) is 107 cm³/mol. The summed E-state index contributed by atoms with van der Waals surface area (Å²) in [5.74, 6) is -0.736. The molecule has 3 fully saturated rings. The van der Waals surface area contributed by atoms with Crippen molar-refractivity contribution < 1.29 is 19.8 Å². The van der Waals surface area contributed by atoms with Gasteiger partial charge < -0.3 is 15.9 Å². The highest BCUT2D eigenvalue weighted by Gasteiger charge is 2.74. The zero-order valence-electron chi connectivity index (χ0n) is 16.7. The lowest BCUT2D eigenvalue weighted by atomic mass is 9.45. The minimum absolute atomic E-state index is 0.00620. The summed E-state index contributed by atoms with van der Waals surface area (Å²) < 4.78 is 0. The molecule has 8 unspecified atom stereocenters. The number of hydrogen-bond donors (Lipinski definition) is 3. The van der Waals surface area contributed by atoms with Crippen molar-refractivity contribution in [3.63, 3.8) is 0 Å². The second-order valence-electron chi connectivity index (χ2n) is 9.80. The van der Waals surface area contributed by atoms with Crippen molar-refractivity contribution in [2.75, 3.05) is 6.54 Å². The van der Waals surface area contributed by atoms with Crippen LogP contribution in [0.1, 0.15) is 46.5 Å². The molecule has 0 aromatic heterocycles. The van der Waals surface area contributed by atoms with Gasteiger partial charge in [-0.15, -0.1) is 11.6 Å². The molecule has 4 aliphatic rings. The molecule has 6 heteroatoms. The van der Waals surface area contributed by atoms with Crippen molar-refractivity contribution in [1.82, 2.24) is 0 Å². The van der Waals surface area contributed by atoms with Gasteiger partial charge in [0.2, 0.25) is 0 Å². The van der Waals surface area contributed by atoms with Gasteiger partial charge in [0.25, 0.3) is 0 Å². The summed E-state index contributed by atoms with van der Waals surface area (Å²) in [5.41, 5.74) is 3.65. The van der Waals surface area contributed by atoms with Crippen LogP contribution in [0.4, 0.5) is 0 Å². The number of carbonyl (C=O) groups excluding carboxylic acids is 2. The zero-order valence-corrected chi connectivity index (χ0v) is 17.5. The summed E-state index contributed by atoms with van der Waals surface area (Å²) in [7, 11) is 0. The molecule has 5 nitrogen and oxygen atoms in total. The fraction of sp³-hybridized carbons (Fsp3) is 0.727. The summed E-state index contributed by atoms with van der Waals surface area (Å²) >= 11 is 7.33. The number of carbonyl (C=O) groups is 2. The predicted octanol–water partition coefficient (Wildman–Crippen LogP) is 2.13. The third-order valence-corrected chi connectivity index (χ3v) is 9.76. The largest absolute Gasteiger partial charge is 0.391 e. The molecular weight excluding hydrogens is 378 g/mol. The fourth-order valence-corrected chi connectivity index (χ4v) is 7.82. The first kappa shape index (κ1) is 20.3. The van der Waals surface area contributed by atoms with E-state index in [1.807, 2.05) is 26.8 Å². The lowest BCUT2D eigenvalue weighted by Crippen LogP contribution is -2.69. The van der Waals surface area contributed by atoms with Crippen LogP contribution in [0.15, 0.2) is 23.8 Å². The Hall–Kier alpha value is -1.01. The molecule has 8 atom stereocenters. The van der Waals surface area contributed by atoms with Crippen LogP contribution in [0.25, 0.3) is 0 Å². The van der Waals surface area contributed by atoms with Crippen LogP contribution < -0.4 is 5.73 Å². The highest BCUT2D eigenvalue weighted by Crippen LogP contribution is 2.71. The van der Waals surface area contributed by atoms with Crippen LogP contribution in [-0.2, 0) is 9.59 Å². The molecule has 0 aromatic rings. The molecule has 0 radical (unpaired) electrons. The van der Waals surface area contributed by atoms with E-state index >= 15 is 0 Å². The van der Waals surface area contributed by atoms with Gasteiger partial charge in [-0.3, -0.25) is 9.59 Å². The van der Waals surface area contributed by atoms with Crippen LogP contribution in [0.5, 0.6) is 0 Å². The number of nitrogens with two attached hydrogens (primary N) is 1. The van der Waals surface area contributed by atoms with E-state index in [9.17, 15) is 19.8 Å². The van der Waals surface area contributed by atoms with Crippen molar-refractivity contribution in [1.29, 1.82) is 0 Å². The molecule has 0 bridgehead atoms. The van der Waals surface area contributed by atoms with Gasteiger partial charge in [-0.05, 0) is 55.6 Å². The lowest BCUT2D eigenvalue weighted by Gasteiger charge is -2.63. The van der Waals surface area contributed by atoms with E-state index in [-0.39, 0.29) is 42.3 Å². The Balaban J connectivity index is 1.84. The molecule has 3 saturated carbocycles. The van der Waals surface area contributed by atoms with Crippen molar-refractivity contribution >= 4 is 23.2 Å². The first-order valence-corrected chi connectivity index (χ1v) is 10.6. The Morgan fingerprint density at radius 3 is 2.68 bits per heavy atom. The molecule has 0 saturated heterocycles. The third-order valence-electron chi connectivity index (χ3n) is 8.83. The highest BCUT2D eigenvalue weighted by atomic mass is 35.5. The monoisotopic (exact) mass is 407 g/mol. The van der Waals surface area contributed by atoms with Gasteiger partial charge in [0.1, 0.15) is 5.60 Å². The summed E-state index contributed by atoms with van der Waals surface area (Å²) in [6.07, 6.45) is 6.48. The van der Waals surface area contributed by atoms with Gasteiger partial charge in [0.05, 0.1) is 17.5 Å². The molecule has 0 aromatic carbocycles. The number of aliphatic hydroxyl groups excluding tert-OH is 1. The number of aliphatic hydroxyl groups is 2. The highest BCUT2D eigenvalue weighted by molar-refractivity contribution is 6.26. The molecule has 4 N–H and O–H groups in total. The quantitative estimate of drug-likeness (QED) is 0.609. The molecule has 0 spiro atoms. The van der Waals surface area contributed by atoms with Crippen LogP contribution in [0.3, 0.4) is 0 Å². The number of allylic oxidation sites excluding steroid dienone is 4. The maximum atomic E-state index is 12.7. The Labute approximate surface area is 171 Å². The number of hydrogen-bond acceptors (Lipinski definition) is 5. The fourth-order valence-electron chi connectivity index (χ4n) is 7.30. The summed E-state index contributed by atoms with van der Waals surface area (Å²) in [6, 6.07) is 0. The number of Topliss-reactive ketones (excluding diaryl/α,β-unsaturated/α-hetero) is 1. The van der Waals surface area contributed by atoms with E-state index < -0.39 is 27.4 Å². The SMILES string of the molecule is CC1CC2C3CCC4=CC(=O)C=CC4(C)C3(Cl)C(O)CC2(C)C1(O)C(=O)CN. The van der Waals surface area contributed by atoms with E-state index in [1.54, 1.807) is 12.2 Å². The average Bonchev–Trinajstić information content (AvgIpc) is 2.84. The summed E-state index contributed by atoms with van der Waals surface area (Å²) in [6.45, 7) is 5.60. The number of rotatable bonds is 2. The maximum absolute atomic E-state index is 12.7. The average molecular weight is 408 g/mol. The van der Waals surface area contributed by atoms with Crippen molar-refractivity contribution in [3.05, 3.63) is 23.8 Å². The molecule has 0 amide bonds. The Morgan fingerprint density at radius 1 is 1.36 bits per heavy atom. The minimum atomic E-state index is -1.55. The van der Waals surface area contributed by atoms with Crippen LogP contribution >= 0.6 is 11.6 Å². The first-order chi connectivity index (χ1) is 13.0. The molecule has 0 heterocycles. The Morgan fingerprint density at radius 2 is 2.04 bits per heavy atom. The van der Waals surface area contributed by atoms with E-state index in [0.29, 0.717) is 6.42 Å². The smallest absolute Gasteiger partial charge is 0.178 e. The standard InChI is InChI=1S/C22H30ClNO4/c1-12-8-16-15-5-4-13-9-14(25)6-7-19(13,2)21(15,23)17(26)10-20(16,3)22(12,28)18(27)11-24/h6-7,9,12,15-17,26,28H,4-5,8,10-11,24H2,1-3H3. The van der Waals surface area contributed by atoms with Crippen molar-refractivity contribution in [2.24, 2.45) is 34.3 Å². The lowest BCUT2D eigenvalue weighted by molar-refractivity contribution is -0.176. The molecule has 0 aliphatic heterocycles. The minimum Gasteiger partial charge on any atom is -0.391 e. The van der Waals surface area contributed by atoms with E-state index in [0.717, 1.165) is 18.4 Å². The molecular formula is C22H30ClNO4. The van der Waals surface area contributed by atoms with Crippen molar-refractivity contribution in [3.8, 4) is 0 Å². The number of halogens is 1. The van der Waals surface area contributed by atoms with Crippen LogP contribution in [0.2, 0.25) is 0 Å². The first-order valence-electron chi connectivity index (χ1n) is 10.2. The molecule has 4 aliphatic carbocycles. The normalized spacial score (nSPS) is 52.5. The van der Waals surface area contributed by atoms with Gasteiger partial charge >= 0.3 is 0 Å². The van der Waals surface area contributed by atoms with E-state index in [4.69, 9.17) is 17.3 Å².